The maximum atomic E-state index is 12.3. The van der Waals surface area contributed by atoms with Gasteiger partial charge < -0.3 is 10.2 Å². The van der Waals surface area contributed by atoms with Crippen molar-refractivity contribution in [2.75, 3.05) is 32.7 Å². The lowest BCUT2D eigenvalue weighted by molar-refractivity contribution is -0.122. The number of benzene rings is 1. The third kappa shape index (κ3) is 6.02. The van der Waals surface area contributed by atoms with E-state index in [-0.39, 0.29) is 11.8 Å². The zero-order valence-corrected chi connectivity index (χ0v) is 15.4. The number of carbonyl (C=O) groups excluding carboxylic acids is 2. The van der Waals surface area contributed by atoms with Crippen molar-refractivity contribution in [2.45, 2.75) is 33.2 Å². The van der Waals surface area contributed by atoms with E-state index >= 15 is 0 Å². The van der Waals surface area contributed by atoms with Crippen LogP contribution in [0, 0.1) is 0 Å². The van der Waals surface area contributed by atoms with Crippen molar-refractivity contribution < 1.29 is 9.59 Å². The highest BCUT2D eigenvalue weighted by atomic mass is 16.2. The van der Waals surface area contributed by atoms with Gasteiger partial charge in [-0.3, -0.25) is 14.5 Å². The lowest BCUT2D eigenvalue weighted by Crippen LogP contribution is -2.37. The number of nitrogens with one attached hydrogen (secondary N) is 1. The molecular weight excluding hydrogens is 314 g/mol. The predicted octanol–water partition coefficient (Wildman–Crippen LogP) is 2.44. The highest BCUT2D eigenvalue weighted by Crippen LogP contribution is 2.13. The molecule has 1 aliphatic heterocycles. The SMILES string of the molecule is C=C(C)CN(CC)CC(=O)NCc1ccc(C(=O)N2CCCC2)cc1. The summed E-state index contributed by atoms with van der Waals surface area (Å²) in [5, 5.41) is 2.94. The average Bonchev–Trinajstić information content (AvgIpc) is 3.13. The molecule has 136 valence electrons. The summed E-state index contributed by atoms with van der Waals surface area (Å²) in [7, 11) is 0. The monoisotopic (exact) mass is 343 g/mol. The molecule has 0 saturated carbocycles. The molecule has 0 aliphatic carbocycles. The van der Waals surface area contributed by atoms with Gasteiger partial charge in [-0.15, -0.1) is 0 Å². The van der Waals surface area contributed by atoms with E-state index in [4.69, 9.17) is 0 Å². The maximum absolute atomic E-state index is 12.3. The van der Waals surface area contributed by atoms with Crippen LogP contribution >= 0.6 is 0 Å². The van der Waals surface area contributed by atoms with Gasteiger partial charge >= 0.3 is 0 Å². The van der Waals surface area contributed by atoms with Gasteiger partial charge in [-0.2, -0.15) is 0 Å². The maximum Gasteiger partial charge on any atom is 0.253 e. The molecule has 1 heterocycles. The van der Waals surface area contributed by atoms with Gasteiger partial charge in [0.2, 0.25) is 5.91 Å². The second-order valence-corrected chi connectivity index (χ2v) is 6.73. The van der Waals surface area contributed by atoms with E-state index in [2.05, 4.69) is 16.8 Å². The second kappa shape index (κ2) is 9.37. The third-order valence-corrected chi connectivity index (χ3v) is 4.39. The van der Waals surface area contributed by atoms with Crippen LogP contribution in [-0.4, -0.2) is 54.3 Å². The van der Waals surface area contributed by atoms with Crippen LogP contribution in [0.1, 0.15) is 42.6 Å². The molecule has 5 heteroatoms. The van der Waals surface area contributed by atoms with Crippen LogP contribution in [0.2, 0.25) is 0 Å². The van der Waals surface area contributed by atoms with E-state index in [1.165, 1.54) is 0 Å². The standard InChI is InChI=1S/C20H29N3O2/c1-4-22(14-16(2)3)15-19(24)21-13-17-7-9-18(10-8-17)20(25)23-11-5-6-12-23/h7-10H,2,4-6,11-15H2,1,3H3,(H,21,24). The molecule has 0 atom stereocenters. The van der Waals surface area contributed by atoms with Crippen LogP contribution in [0.3, 0.4) is 0 Å². The number of hydrogen-bond donors (Lipinski definition) is 1. The number of hydrogen-bond acceptors (Lipinski definition) is 3. The first-order chi connectivity index (χ1) is 12.0. The van der Waals surface area contributed by atoms with Gasteiger partial charge in [-0.25, -0.2) is 0 Å². The molecular formula is C20H29N3O2. The lowest BCUT2D eigenvalue weighted by Gasteiger charge is -2.19. The summed E-state index contributed by atoms with van der Waals surface area (Å²) in [6.45, 7) is 12.0. The van der Waals surface area contributed by atoms with Crippen molar-refractivity contribution in [1.29, 1.82) is 0 Å². The van der Waals surface area contributed by atoms with Gasteiger partial charge in [0.1, 0.15) is 0 Å². The Morgan fingerprint density at radius 2 is 1.80 bits per heavy atom. The summed E-state index contributed by atoms with van der Waals surface area (Å²) in [5.74, 6) is 0.104. The van der Waals surface area contributed by atoms with E-state index in [1.54, 1.807) is 0 Å². The van der Waals surface area contributed by atoms with Gasteiger partial charge in [0, 0.05) is 31.7 Å². The van der Waals surface area contributed by atoms with Crippen molar-refractivity contribution in [3.8, 4) is 0 Å². The quantitative estimate of drug-likeness (QED) is 0.738. The van der Waals surface area contributed by atoms with Gasteiger partial charge in [0.25, 0.3) is 5.91 Å². The Hall–Kier alpha value is -2.14. The predicted molar refractivity (Wildman–Crippen MR) is 100 cm³/mol. The number of carbonyl (C=O) groups is 2. The molecule has 2 amide bonds. The Balaban J connectivity index is 1.81. The van der Waals surface area contributed by atoms with Crippen LogP contribution < -0.4 is 5.32 Å². The van der Waals surface area contributed by atoms with Gasteiger partial charge in [-0.05, 0) is 44.0 Å². The Labute approximate surface area is 150 Å². The van der Waals surface area contributed by atoms with Crippen LogP contribution in [-0.2, 0) is 11.3 Å². The van der Waals surface area contributed by atoms with E-state index in [9.17, 15) is 9.59 Å². The summed E-state index contributed by atoms with van der Waals surface area (Å²) in [5.41, 5.74) is 2.76. The van der Waals surface area contributed by atoms with Crippen LogP contribution in [0.4, 0.5) is 0 Å². The molecule has 1 aromatic rings. The fourth-order valence-electron chi connectivity index (χ4n) is 2.99. The normalized spacial score (nSPS) is 14.0. The van der Waals surface area contributed by atoms with Crippen LogP contribution in [0.15, 0.2) is 36.4 Å². The van der Waals surface area contributed by atoms with E-state index in [0.29, 0.717) is 13.1 Å². The highest BCUT2D eigenvalue weighted by molar-refractivity contribution is 5.94. The smallest absolute Gasteiger partial charge is 0.253 e. The van der Waals surface area contributed by atoms with Crippen LogP contribution in [0.5, 0.6) is 0 Å². The van der Waals surface area contributed by atoms with E-state index < -0.39 is 0 Å². The first-order valence-electron chi connectivity index (χ1n) is 9.01. The topological polar surface area (TPSA) is 52.7 Å². The van der Waals surface area contributed by atoms with Crippen molar-refractivity contribution >= 4 is 11.8 Å². The summed E-state index contributed by atoms with van der Waals surface area (Å²) in [6, 6.07) is 7.52. The van der Waals surface area contributed by atoms with E-state index in [1.807, 2.05) is 43.0 Å². The molecule has 25 heavy (non-hydrogen) atoms. The number of amides is 2. The Morgan fingerprint density at radius 1 is 1.16 bits per heavy atom. The van der Waals surface area contributed by atoms with Crippen molar-refractivity contribution in [2.24, 2.45) is 0 Å². The Bertz CT molecular complexity index is 604. The van der Waals surface area contributed by atoms with Gasteiger partial charge in [0.15, 0.2) is 0 Å². The Kier molecular flexibility index (Phi) is 7.19. The van der Waals surface area contributed by atoms with Crippen molar-refractivity contribution in [1.82, 2.24) is 15.1 Å². The largest absolute Gasteiger partial charge is 0.351 e. The molecule has 0 radical (unpaired) electrons. The molecule has 0 unspecified atom stereocenters. The van der Waals surface area contributed by atoms with Crippen LogP contribution in [0.25, 0.3) is 0 Å². The summed E-state index contributed by atoms with van der Waals surface area (Å²) >= 11 is 0. The molecule has 1 aliphatic rings. The minimum absolute atomic E-state index is 0.000296. The molecule has 1 aromatic carbocycles. The first kappa shape index (κ1) is 19.2. The first-order valence-corrected chi connectivity index (χ1v) is 9.01. The average molecular weight is 343 g/mol. The molecule has 0 bridgehead atoms. The van der Waals surface area contributed by atoms with Crippen molar-refractivity contribution in [3.63, 3.8) is 0 Å². The van der Waals surface area contributed by atoms with Crippen molar-refractivity contribution in [3.05, 3.63) is 47.5 Å². The zero-order chi connectivity index (χ0) is 18.2. The Morgan fingerprint density at radius 3 is 2.36 bits per heavy atom. The minimum Gasteiger partial charge on any atom is -0.351 e. The summed E-state index contributed by atoms with van der Waals surface area (Å²) in [4.78, 5) is 28.3. The molecule has 0 aromatic heterocycles. The minimum atomic E-state index is 0.000296. The molecule has 2 rings (SSSR count). The number of rotatable bonds is 8. The molecule has 1 N–H and O–H groups in total. The van der Waals surface area contributed by atoms with E-state index in [0.717, 1.165) is 55.7 Å². The number of likely N-dealkylation sites (N-methyl/N-ethyl adjacent to an activating group) is 1. The summed E-state index contributed by atoms with van der Waals surface area (Å²) < 4.78 is 0. The summed E-state index contributed by atoms with van der Waals surface area (Å²) in [6.07, 6.45) is 2.19. The fraction of sp³-hybridized carbons (Fsp3) is 0.500. The third-order valence-electron chi connectivity index (χ3n) is 4.39. The number of likely N-dealkylation sites (tertiary alicyclic amines) is 1. The molecule has 0 spiro atoms. The van der Waals surface area contributed by atoms with Gasteiger partial charge in [0.05, 0.1) is 6.54 Å². The molecule has 1 fully saturated rings. The molecule has 1 saturated heterocycles. The number of nitrogens with zero attached hydrogens (tertiary/aromatic N) is 2. The second-order valence-electron chi connectivity index (χ2n) is 6.73. The fourth-order valence-corrected chi connectivity index (χ4v) is 2.99. The molecule has 5 nitrogen and oxygen atoms in total. The van der Waals surface area contributed by atoms with Gasteiger partial charge in [-0.1, -0.05) is 31.2 Å². The lowest BCUT2D eigenvalue weighted by atomic mass is 10.1. The highest BCUT2D eigenvalue weighted by Gasteiger charge is 2.19. The zero-order valence-electron chi connectivity index (χ0n) is 15.4.